The van der Waals surface area contributed by atoms with Crippen molar-refractivity contribution >= 4 is 61.9 Å². The number of carbonyl (C=O) groups is 1. The SMILES string of the molecule is CCOc1c(Br)cc(/C=C2/SC(=S)N(c3ccc4c(c3)OCO4)C2=O)cc1OC. The number of amides is 1. The van der Waals surface area contributed by atoms with Gasteiger partial charge in [0.2, 0.25) is 6.79 Å². The number of thioether (sulfide) groups is 1. The number of methoxy groups -OCH3 is 1. The van der Waals surface area contributed by atoms with E-state index in [1.165, 1.54) is 16.7 Å². The van der Waals surface area contributed by atoms with Gasteiger partial charge in [-0.15, -0.1) is 0 Å². The number of carbonyl (C=O) groups excluding carboxylic acids is 1. The summed E-state index contributed by atoms with van der Waals surface area (Å²) in [5.74, 6) is 2.27. The minimum absolute atomic E-state index is 0.172. The molecule has 0 radical (unpaired) electrons. The van der Waals surface area contributed by atoms with Crippen LogP contribution in [0.1, 0.15) is 12.5 Å². The molecule has 0 bridgehead atoms. The molecule has 2 aliphatic heterocycles. The van der Waals surface area contributed by atoms with Crippen LogP contribution in [0.4, 0.5) is 5.69 Å². The first-order valence-electron chi connectivity index (χ1n) is 8.69. The van der Waals surface area contributed by atoms with Gasteiger partial charge in [0.15, 0.2) is 27.3 Å². The van der Waals surface area contributed by atoms with E-state index >= 15 is 0 Å². The predicted molar refractivity (Wildman–Crippen MR) is 120 cm³/mol. The predicted octanol–water partition coefficient (Wildman–Crippen LogP) is 4.99. The van der Waals surface area contributed by atoms with Gasteiger partial charge >= 0.3 is 0 Å². The minimum Gasteiger partial charge on any atom is -0.493 e. The quantitative estimate of drug-likeness (QED) is 0.429. The Hall–Kier alpha value is -2.23. The van der Waals surface area contributed by atoms with E-state index in [2.05, 4.69) is 15.9 Å². The van der Waals surface area contributed by atoms with Crippen molar-refractivity contribution in [3.8, 4) is 23.0 Å². The number of fused-ring (bicyclic) bond motifs is 1. The number of rotatable bonds is 5. The van der Waals surface area contributed by atoms with Gasteiger partial charge in [-0.1, -0.05) is 24.0 Å². The normalized spacial score (nSPS) is 16.7. The van der Waals surface area contributed by atoms with Crippen molar-refractivity contribution in [3.05, 3.63) is 45.3 Å². The molecule has 6 nitrogen and oxygen atoms in total. The van der Waals surface area contributed by atoms with Crippen molar-refractivity contribution in [1.29, 1.82) is 0 Å². The number of benzene rings is 2. The van der Waals surface area contributed by atoms with Crippen molar-refractivity contribution in [2.75, 3.05) is 25.4 Å². The number of halogens is 1. The zero-order valence-corrected chi connectivity index (χ0v) is 18.8. The van der Waals surface area contributed by atoms with Crippen molar-refractivity contribution in [2.24, 2.45) is 0 Å². The lowest BCUT2D eigenvalue weighted by molar-refractivity contribution is -0.113. The first kappa shape index (κ1) is 20.1. The first-order valence-corrected chi connectivity index (χ1v) is 10.7. The molecule has 0 spiro atoms. The lowest BCUT2D eigenvalue weighted by atomic mass is 10.1. The third-order valence-electron chi connectivity index (χ3n) is 4.25. The molecular formula is C20H16BrNO5S2. The van der Waals surface area contributed by atoms with Crippen LogP contribution in [0, 0.1) is 0 Å². The number of hydrogen-bond donors (Lipinski definition) is 0. The summed E-state index contributed by atoms with van der Waals surface area (Å²) in [5, 5.41) is 0. The van der Waals surface area contributed by atoms with Crippen LogP contribution in [-0.2, 0) is 4.79 Å². The first-order chi connectivity index (χ1) is 14.0. The minimum atomic E-state index is -0.192. The fourth-order valence-electron chi connectivity index (χ4n) is 2.97. The van der Waals surface area contributed by atoms with Gasteiger partial charge in [-0.05, 0) is 58.8 Å². The molecule has 1 fully saturated rings. The highest BCUT2D eigenvalue weighted by atomic mass is 79.9. The average Bonchev–Trinajstić information content (AvgIpc) is 3.27. The Labute approximate surface area is 185 Å². The molecule has 0 N–H and O–H groups in total. The number of thiocarbonyl (C=S) groups is 1. The third-order valence-corrected chi connectivity index (χ3v) is 6.14. The third kappa shape index (κ3) is 3.82. The van der Waals surface area contributed by atoms with Crippen molar-refractivity contribution in [3.63, 3.8) is 0 Å². The van der Waals surface area contributed by atoms with Gasteiger partial charge in [-0.2, -0.15) is 0 Å². The van der Waals surface area contributed by atoms with Gasteiger partial charge in [0.25, 0.3) is 5.91 Å². The van der Waals surface area contributed by atoms with E-state index in [0.29, 0.717) is 44.5 Å². The summed E-state index contributed by atoms with van der Waals surface area (Å²) in [4.78, 5) is 15.1. The van der Waals surface area contributed by atoms with Crippen LogP contribution in [0.5, 0.6) is 23.0 Å². The Bertz CT molecular complexity index is 1040. The second-order valence-corrected chi connectivity index (χ2v) is 8.55. The molecule has 29 heavy (non-hydrogen) atoms. The molecule has 1 saturated heterocycles. The Kier molecular flexibility index (Phi) is 5.71. The van der Waals surface area contributed by atoms with Crippen LogP contribution >= 0.6 is 39.9 Å². The fourth-order valence-corrected chi connectivity index (χ4v) is 4.85. The van der Waals surface area contributed by atoms with Crippen LogP contribution in [-0.4, -0.2) is 30.7 Å². The smallest absolute Gasteiger partial charge is 0.270 e. The molecule has 2 heterocycles. The number of anilines is 1. The maximum absolute atomic E-state index is 13.0. The molecule has 2 aliphatic rings. The zero-order chi connectivity index (χ0) is 20.5. The van der Waals surface area contributed by atoms with Gasteiger partial charge in [-0.3, -0.25) is 9.69 Å². The van der Waals surface area contributed by atoms with Gasteiger partial charge < -0.3 is 18.9 Å². The van der Waals surface area contributed by atoms with E-state index in [-0.39, 0.29) is 12.7 Å². The maximum Gasteiger partial charge on any atom is 0.270 e. The molecule has 0 unspecified atom stereocenters. The van der Waals surface area contributed by atoms with Crippen LogP contribution in [0.15, 0.2) is 39.7 Å². The van der Waals surface area contributed by atoms with Crippen LogP contribution < -0.4 is 23.8 Å². The van der Waals surface area contributed by atoms with Gasteiger partial charge in [-0.25, -0.2) is 0 Å². The van der Waals surface area contributed by atoms with E-state index in [9.17, 15) is 4.79 Å². The van der Waals surface area contributed by atoms with Crippen molar-refractivity contribution in [1.82, 2.24) is 0 Å². The highest BCUT2D eigenvalue weighted by molar-refractivity contribution is 9.10. The topological polar surface area (TPSA) is 57.2 Å². The lowest BCUT2D eigenvalue weighted by Gasteiger charge is -2.15. The summed E-state index contributed by atoms with van der Waals surface area (Å²) in [5.41, 5.74) is 1.44. The molecule has 9 heteroatoms. The highest BCUT2D eigenvalue weighted by Crippen LogP contribution is 2.42. The summed E-state index contributed by atoms with van der Waals surface area (Å²) in [6, 6.07) is 9.02. The number of ether oxygens (including phenoxy) is 4. The Morgan fingerprint density at radius 2 is 2.07 bits per heavy atom. The van der Waals surface area contributed by atoms with Crippen LogP contribution in [0.2, 0.25) is 0 Å². The van der Waals surface area contributed by atoms with E-state index in [1.807, 2.05) is 19.1 Å². The maximum atomic E-state index is 13.0. The number of hydrogen-bond acceptors (Lipinski definition) is 7. The average molecular weight is 494 g/mol. The summed E-state index contributed by atoms with van der Waals surface area (Å²) in [7, 11) is 1.58. The second kappa shape index (κ2) is 8.25. The Balaban J connectivity index is 1.65. The summed E-state index contributed by atoms with van der Waals surface area (Å²) in [6.07, 6.45) is 1.79. The van der Waals surface area contributed by atoms with Crippen LogP contribution in [0.25, 0.3) is 6.08 Å². The number of nitrogens with zero attached hydrogens (tertiary/aromatic N) is 1. The molecular weight excluding hydrogens is 478 g/mol. The van der Waals surface area contributed by atoms with Crippen LogP contribution in [0.3, 0.4) is 0 Å². The van der Waals surface area contributed by atoms with E-state index in [4.69, 9.17) is 31.2 Å². The summed E-state index contributed by atoms with van der Waals surface area (Å²) >= 11 is 10.2. The largest absolute Gasteiger partial charge is 0.493 e. The molecule has 2 aromatic rings. The molecule has 1 amide bonds. The van der Waals surface area contributed by atoms with Gasteiger partial charge in [0.1, 0.15) is 0 Å². The van der Waals surface area contributed by atoms with Gasteiger partial charge in [0.05, 0.1) is 28.8 Å². The van der Waals surface area contributed by atoms with E-state index < -0.39 is 0 Å². The zero-order valence-electron chi connectivity index (χ0n) is 15.6. The monoisotopic (exact) mass is 493 g/mol. The standard InChI is InChI=1S/C20H16BrNO5S2/c1-3-25-18-13(21)6-11(7-16(18)24-2)8-17-19(23)22(20(28)29-17)12-4-5-14-15(9-12)27-10-26-14/h4-9H,3,10H2,1-2H3/b17-8+. The van der Waals surface area contributed by atoms with Crippen molar-refractivity contribution < 1.29 is 23.7 Å². The summed E-state index contributed by atoms with van der Waals surface area (Å²) < 4.78 is 23.0. The molecule has 0 aliphatic carbocycles. The van der Waals surface area contributed by atoms with Crippen molar-refractivity contribution in [2.45, 2.75) is 6.92 Å². The lowest BCUT2D eigenvalue weighted by Crippen LogP contribution is -2.27. The van der Waals surface area contributed by atoms with E-state index in [1.54, 1.807) is 31.4 Å². The molecule has 0 atom stereocenters. The molecule has 0 aromatic heterocycles. The fraction of sp³-hybridized carbons (Fsp3) is 0.200. The Morgan fingerprint density at radius 1 is 1.28 bits per heavy atom. The highest BCUT2D eigenvalue weighted by Gasteiger charge is 2.34. The Morgan fingerprint density at radius 3 is 2.83 bits per heavy atom. The molecule has 0 saturated carbocycles. The molecule has 150 valence electrons. The van der Waals surface area contributed by atoms with Gasteiger partial charge in [0, 0.05) is 6.07 Å². The molecule has 2 aromatic carbocycles. The molecule has 4 rings (SSSR count). The summed E-state index contributed by atoms with van der Waals surface area (Å²) in [6.45, 7) is 2.59. The second-order valence-electron chi connectivity index (χ2n) is 6.02. The van der Waals surface area contributed by atoms with E-state index in [0.717, 1.165) is 10.0 Å².